The summed E-state index contributed by atoms with van der Waals surface area (Å²) in [6.45, 7) is 3.29. The lowest BCUT2D eigenvalue weighted by atomic mass is 9.72. The van der Waals surface area contributed by atoms with E-state index in [1.54, 1.807) is 0 Å². The Labute approximate surface area is 184 Å². The van der Waals surface area contributed by atoms with Gasteiger partial charge in [0.05, 0.1) is 19.1 Å². The number of ether oxygens (including phenoxy) is 3. The number of carbonyl (C=O) groups excluding carboxylic acids is 1. The van der Waals surface area contributed by atoms with Gasteiger partial charge in [0.1, 0.15) is 6.61 Å². The molecular formula is C26H31NO4. The van der Waals surface area contributed by atoms with E-state index >= 15 is 0 Å². The molecule has 1 aliphatic carbocycles. The highest BCUT2D eigenvalue weighted by Crippen LogP contribution is 2.45. The van der Waals surface area contributed by atoms with Crippen LogP contribution in [0.3, 0.4) is 0 Å². The zero-order valence-corrected chi connectivity index (χ0v) is 17.9. The molecule has 3 aliphatic rings. The number of esters is 1. The van der Waals surface area contributed by atoms with Crippen molar-refractivity contribution in [2.45, 2.75) is 50.7 Å². The van der Waals surface area contributed by atoms with Crippen molar-refractivity contribution in [3.8, 4) is 0 Å². The van der Waals surface area contributed by atoms with Gasteiger partial charge in [0.15, 0.2) is 5.79 Å². The van der Waals surface area contributed by atoms with Crippen molar-refractivity contribution < 1.29 is 19.0 Å². The quantitative estimate of drug-likeness (QED) is 0.679. The van der Waals surface area contributed by atoms with Crippen LogP contribution >= 0.6 is 0 Å². The lowest BCUT2D eigenvalue weighted by molar-refractivity contribution is -0.205. The van der Waals surface area contributed by atoms with Crippen LogP contribution in [0, 0.1) is 11.8 Å². The fraction of sp³-hybridized carbons (Fsp3) is 0.500. The molecule has 2 aromatic rings. The van der Waals surface area contributed by atoms with Crippen LogP contribution in [0.5, 0.6) is 0 Å². The highest BCUT2D eigenvalue weighted by atomic mass is 16.7. The molecule has 2 aromatic carbocycles. The van der Waals surface area contributed by atoms with E-state index in [4.69, 9.17) is 14.2 Å². The molecule has 3 atom stereocenters. The summed E-state index contributed by atoms with van der Waals surface area (Å²) in [6.07, 6.45) is 3.69. The third kappa shape index (κ3) is 4.69. The number of hydrogen-bond acceptors (Lipinski definition) is 5. The number of piperidine rings is 1. The van der Waals surface area contributed by atoms with Crippen molar-refractivity contribution >= 4 is 5.97 Å². The maximum absolute atomic E-state index is 13.0. The van der Waals surface area contributed by atoms with E-state index < -0.39 is 5.79 Å². The maximum atomic E-state index is 13.0. The van der Waals surface area contributed by atoms with Gasteiger partial charge in [-0.1, -0.05) is 60.7 Å². The van der Waals surface area contributed by atoms with Crippen molar-refractivity contribution in [3.05, 3.63) is 71.8 Å². The van der Waals surface area contributed by atoms with Gasteiger partial charge in [-0.15, -0.1) is 0 Å². The first kappa shape index (κ1) is 20.7. The molecule has 1 saturated carbocycles. The van der Waals surface area contributed by atoms with E-state index in [1.165, 1.54) is 5.56 Å². The molecule has 5 heteroatoms. The Balaban J connectivity index is 1.30. The van der Waals surface area contributed by atoms with Gasteiger partial charge in [0, 0.05) is 32.0 Å². The topological polar surface area (TPSA) is 48.0 Å². The highest BCUT2D eigenvalue weighted by molar-refractivity contribution is 5.73. The van der Waals surface area contributed by atoms with E-state index in [0.717, 1.165) is 44.3 Å². The van der Waals surface area contributed by atoms with Crippen molar-refractivity contribution in [3.63, 3.8) is 0 Å². The average molecular weight is 422 g/mol. The van der Waals surface area contributed by atoms with Crippen LogP contribution in [0.1, 0.15) is 36.8 Å². The summed E-state index contributed by atoms with van der Waals surface area (Å²) in [6, 6.07) is 20.9. The lowest BCUT2D eigenvalue weighted by Crippen LogP contribution is -2.55. The maximum Gasteiger partial charge on any atom is 0.310 e. The van der Waals surface area contributed by atoms with Gasteiger partial charge in [-0.05, 0) is 29.9 Å². The predicted molar refractivity (Wildman–Crippen MR) is 117 cm³/mol. The molecule has 31 heavy (non-hydrogen) atoms. The summed E-state index contributed by atoms with van der Waals surface area (Å²) in [7, 11) is 0. The minimum Gasteiger partial charge on any atom is -0.461 e. The Morgan fingerprint density at radius 1 is 1.00 bits per heavy atom. The zero-order valence-electron chi connectivity index (χ0n) is 17.9. The Morgan fingerprint density at radius 3 is 2.39 bits per heavy atom. The number of likely N-dealkylation sites (tertiary alicyclic amines) is 1. The molecule has 0 bridgehead atoms. The standard InChI is InChI=1S/C26H31NO4/c28-25(29-19-21-9-5-2-6-10-21)23-15-22-16-26(30-13-14-31-26)12-11-24(22)27(18-23)17-20-7-3-1-4-8-20/h1-10,22-24H,11-19H2/t22-,23+,24-/m1/s1. The second-order valence-corrected chi connectivity index (χ2v) is 9.12. The summed E-state index contributed by atoms with van der Waals surface area (Å²) >= 11 is 0. The second-order valence-electron chi connectivity index (χ2n) is 9.12. The van der Waals surface area contributed by atoms with Gasteiger partial charge < -0.3 is 14.2 Å². The van der Waals surface area contributed by atoms with Crippen molar-refractivity contribution in [1.82, 2.24) is 4.90 Å². The van der Waals surface area contributed by atoms with Crippen LogP contribution < -0.4 is 0 Å². The summed E-state index contributed by atoms with van der Waals surface area (Å²) in [5, 5.41) is 0. The predicted octanol–water partition coefficient (Wildman–Crippen LogP) is 4.16. The number of rotatable bonds is 5. The van der Waals surface area contributed by atoms with E-state index in [-0.39, 0.29) is 11.9 Å². The van der Waals surface area contributed by atoms with Crippen LogP contribution in [-0.4, -0.2) is 42.5 Å². The number of benzene rings is 2. The van der Waals surface area contributed by atoms with Crippen LogP contribution in [0.25, 0.3) is 0 Å². The summed E-state index contributed by atoms with van der Waals surface area (Å²) in [4.78, 5) is 15.5. The minimum absolute atomic E-state index is 0.0896. The molecule has 0 amide bonds. The molecule has 5 rings (SSSR count). The lowest BCUT2D eigenvalue weighted by Gasteiger charge is -2.50. The van der Waals surface area contributed by atoms with Crippen LogP contribution in [-0.2, 0) is 32.2 Å². The largest absolute Gasteiger partial charge is 0.461 e. The van der Waals surface area contributed by atoms with Gasteiger partial charge >= 0.3 is 5.97 Å². The third-order valence-electron chi connectivity index (χ3n) is 7.05. The fourth-order valence-electron chi connectivity index (χ4n) is 5.60. The number of carbonyl (C=O) groups is 1. The van der Waals surface area contributed by atoms with Gasteiger partial charge in [0.25, 0.3) is 0 Å². The second kappa shape index (κ2) is 9.11. The van der Waals surface area contributed by atoms with Gasteiger partial charge in [-0.2, -0.15) is 0 Å². The molecule has 1 spiro atoms. The Kier molecular flexibility index (Phi) is 6.08. The normalized spacial score (nSPS) is 27.7. The Hall–Kier alpha value is -2.21. The van der Waals surface area contributed by atoms with Gasteiger partial charge in [-0.3, -0.25) is 9.69 Å². The van der Waals surface area contributed by atoms with E-state index in [2.05, 4.69) is 29.2 Å². The molecule has 2 heterocycles. The molecule has 0 N–H and O–H groups in total. The monoisotopic (exact) mass is 421 g/mol. The van der Waals surface area contributed by atoms with Crippen LogP contribution in [0.2, 0.25) is 0 Å². The molecule has 164 valence electrons. The molecule has 0 aromatic heterocycles. The molecule has 3 fully saturated rings. The van der Waals surface area contributed by atoms with E-state index in [0.29, 0.717) is 31.8 Å². The third-order valence-corrected chi connectivity index (χ3v) is 7.05. The minimum atomic E-state index is -0.435. The van der Waals surface area contributed by atoms with Gasteiger partial charge in [0.2, 0.25) is 0 Å². The van der Waals surface area contributed by atoms with Crippen LogP contribution in [0.4, 0.5) is 0 Å². The smallest absolute Gasteiger partial charge is 0.310 e. The van der Waals surface area contributed by atoms with E-state index in [1.807, 2.05) is 36.4 Å². The van der Waals surface area contributed by atoms with Crippen molar-refractivity contribution in [1.29, 1.82) is 0 Å². The first-order valence-electron chi connectivity index (χ1n) is 11.5. The number of nitrogens with zero attached hydrogens (tertiary/aromatic N) is 1. The Bertz CT molecular complexity index is 865. The van der Waals surface area contributed by atoms with E-state index in [9.17, 15) is 4.79 Å². The molecule has 0 radical (unpaired) electrons. The molecule has 0 unspecified atom stereocenters. The summed E-state index contributed by atoms with van der Waals surface area (Å²) in [5.74, 6) is -0.271. The molecular weight excluding hydrogens is 390 g/mol. The highest BCUT2D eigenvalue weighted by Gasteiger charge is 2.50. The van der Waals surface area contributed by atoms with Crippen molar-refractivity contribution in [2.24, 2.45) is 11.8 Å². The average Bonchev–Trinajstić information content (AvgIpc) is 3.26. The molecule has 2 saturated heterocycles. The van der Waals surface area contributed by atoms with Crippen molar-refractivity contribution in [2.75, 3.05) is 19.8 Å². The summed E-state index contributed by atoms with van der Waals surface area (Å²) in [5.41, 5.74) is 2.31. The molecule has 5 nitrogen and oxygen atoms in total. The number of hydrogen-bond donors (Lipinski definition) is 0. The SMILES string of the molecule is O=C(OCc1ccccc1)[C@H]1C[C@@H]2CC3(CC[C@H]2N(Cc2ccccc2)C1)OCCO3. The van der Waals surface area contributed by atoms with Crippen LogP contribution in [0.15, 0.2) is 60.7 Å². The fourth-order valence-corrected chi connectivity index (χ4v) is 5.60. The first-order valence-corrected chi connectivity index (χ1v) is 11.5. The Morgan fingerprint density at radius 2 is 1.68 bits per heavy atom. The zero-order chi connectivity index (χ0) is 21.1. The summed E-state index contributed by atoms with van der Waals surface area (Å²) < 4.78 is 17.8. The molecule has 2 aliphatic heterocycles. The number of fused-ring (bicyclic) bond motifs is 1. The first-order chi connectivity index (χ1) is 15.2. The van der Waals surface area contributed by atoms with Gasteiger partial charge in [-0.25, -0.2) is 0 Å².